The first-order valence-electron chi connectivity index (χ1n) is 8.31. The molecule has 1 fully saturated rings. The molecule has 2 aromatic rings. The van der Waals surface area contributed by atoms with E-state index in [1.54, 1.807) is 12.4 Å². The van der Waals surface area contributed by atoms with Crippen molar-refractivity contribution in [3.63, 3.8) is 0 Å². The Morgan fingerprint density at radius 1 is 1.12 bits per heavy atom. The molecule has 0 N–H and O–H groups in total. The first-order valence-corrected chi connectivity index (χ1v) is 9.75. The molecule has 0 amide bonds. The van der Waals surface area contributed by atoms with Crippen molar-refractivity contribution in [2.75, 3.05) is 13.1 Å². The van der Waals surface area contributed by atoms with Crippen LogP contribution in [-0.2, 0) is 10.0 Å². The van der Waals surface area contributed by atoms with Gasteiger partial charge in [0.05, 0.1) is 17.6 Å². The molecule has 2 heterocycles. The van der Waals surface area contributed by atoms with Crippen LogP contribution in [-0.4, -0.2) is 41.9 Å². The van der Waals surface area contributed by atoms with Crippen LogP contribution in [0.3, 0.4) is 0 Å². The van der Waals surface area contributed by atoms with Gasteiger partial charge in [-0.25, -0.2) is 13.4 Å². The molecule has 3 rings (SSSR count). The van der Waals surface area contributed by atoms with E-state index in [2.05, 4.69) is 9.97 Å². The van der Waals surface area contributed by atoms with Crippen molar-refractivity contribution in [3.05, 3.63) is 46.9 Å². The number of aryl methyl sites for hydroxylation is 2. The van der Waals surface area contributed by atoms with E-state index in [-0.39, 0.29) is 6.10 Å². The third kappa shape index (κ3) is 3.39. The van der Waals surface area contributed by atoms with Crippen molar-refractivity contribution in [1.29, 1.82) is 0 Å². The number of sulfonamides is 1. The summed E-state index contributed by atoms with van der Waals surface area (Å²) in [6.45, 7) is 8.41. The Labute approximate surface area is 148 Å². The first-order chi connectivity index (χ1) is 11.8. The predicted molar refractivity (Wildman–Crippen MR) is 95.2 cm³/mol. The van der Waals surface area contributed by atoms with Crippen LogP contribution in [0, 0.1) is 27.7 Å². The van der Waals surface area contributed by atoms with Crippen LogP contribution < -0.4 is 4.74 Å². The van der Waals surface area contributed by atoms with Crippen molar-refractivity contribution in [1.82, 2.24) is 14.3 Å². The smallest absolute Gasteiger partial charge is 0.243 e. The molecule has 1 aromatic carbocycles. The highest BCUT2D eigenvalue weighted by Crippen LogP contribution is 2.31. The lowest BCUT2D eigenvalue weighted by Crippen LogP contribution is -2.32. The molecule has 1 unspecified atom stereocenters. The third-order valence-electron chi connectivity index (χ3n) is 4.83. The molecule has 0 spiro atoms. The van der Waals surface area contributed by atoms with E-state index in [9.17, 15) is 8.42 Å². The molecule has 0 radical (unpaired) electrons. The van der Waals surface area contributed by atoms with Crippen LogP contribution in [0.1, 0.15) is 28.7 Å². The SMILES string of the molecule is Cc1cc(C)c(C)c(S(=O)(=O)N2CCC(Oc3cnccn3)C2)c1C. The second kappa shape index (κ2) is 6.72. The van der Waals surface area contributed by atoms with Crippen molar-refractivity contribution in [3.8, 4) is 5.88 Å². The summed E-state index contributed by atoms with van der Waals surface area (Å²) < 4.78 is 33.7. The van der Waals surface area contributed by atoms with E-state index >= 15 is 0 Å². The van der Waals surface area contributed by atoms with E-state index in [0.717, 1.165) is 22.3 Å². The summed E-state index contributed by atoms with van der Waals surface area (Å²) in [5, 5.41) is 0. The fourth-order valence-electron chi connectivity index (χ4n) is 3.23. The predicted octanol–water partition coefficient (Wildman–Crippen LogP) is 2.55. The molecule has 25 heavy (non-hydrogen) atoms. The largest absolute Gasteiger partial charge is 0.472 e. The highest BCUT2D eigenvalue weighted by Gasteiger charge is 2.36. The Balaban J connectivity index is 1.85. The Morgan fingerprint density at radius 3 is 2.40 bits per heavy atom. The van der Waals surface area contributed by atoms with Gasteiger partial charge in [-0.1, -0.05) is 6.07 Å². The number of hydrogen-bond donors (Lipinski definition) is 0. The second-order valence-electron chi connectivity index (χ2n) is 6.52. The van der Waals surface area contributed by atoms with Gasteiger partial charge < -0.3 is 4.74 Å². The van der Waals surface area contributed by atoms with Gasteiger partial charge in [-0.05, 0) is 56.4 Å². The number of benzene rings is 1. The molecule has 0 aliphatic carbocycles. The summed E-state index contributed by atoms with van der Waals surface area (Å²) in [5.74, 6) is 0.422. The lowest BCUT2D eigenvalue weighted by atomic mass is 10.0. The van der Waals surface area contributed by atoms with Gasteiger partial charge in [0.25, 0.3) is 0 Å². The minimum atomic E-state index is -3.55. The van der Waals surface area contributed by atoms with Crippen LogP contribution in [0.5, 0.6) is 5.88 Å². The van der Waals surface area contributed by atoms with Crippen molar-refractivity contribution < 1.29 is 13.2 Å². The van der Waals surface area contributed by atoms with Gasteiger partial charge in [0.15, 0.2) is 0 Å². The van der Waals surface area contributed by atoms with Crippen molar-refractivity contribution in [2.24, 2.45) is 0 Å². The van der Waals surface area contributed by atoms with Gasteiger partial charge >= 0.3 is 0 Å². The van der Waals surface area contributed by atoms with Gasteiger partial charge in [0, 0.05) is 18.9 Å². The van der Waals surface area contributed by atoms with E-state index in [0.29, 0.717) is 30.3 Å². The minimum Gasteiger partial charge on any atom is -0.472 e. The second-order valence-corrected chi connectivity index (χ2v) is 8.40. The minimum absolute atomic E-state index is 0.210. The summed E-state index contributed by atoms with van der Waals surface area (Å²) in [6, 6.07) is 2.04. The van der Waals surface area contributed by atoms with E-state index in [1.807, 2.05) is 33.8 Å². The number of rotatable bonds is 4. The average molecular weight is 361 g/mol. The normalized spacial score (nSPS) is 18.5. The fourth-order valence-corrected chi connectivity index (χ4v) is 5.29. The molecule has 1 aliphatic rings. The molecule has 7 heteroatoms. The zero-order valence-corrected chi connectivity index (χ0v) is 15.8. The standard InChI is InChI=1S/C18H23N3O3S/c1-12-9-13(2)15(4)18(14(12)3)25(22,23)21-8-5-16(11-21)24-17-10-19-6-7-20-17/h6-7,9-10,16H,5,8,11H2,1-4H3. The topological polar surface area (TPSA) is 72.4 Å². The van der Waals surface area contributed by atoms with Crippen LogP contribution >= 0.6 is 0 Å². The lowest BCUT2D eigenvalue weighted by Gasteiger charge is -2.21. The maximum atomic E-state index is 13.2. The van der Waals surface area contributed by atoms with E-state index in [4.69, 9.17) is 4.74 Å². The highest BCUT2D eigenvalue weighted by atomic mass is 32.2. The number of ether oxygens (including phenoxy) is 1. The summed E-state index contributed by atoms with van der Waals surface area (Å²) in [5.41, 5.74) is 3.63. The van der Waals surface area contributed by atoms with Crippen LogP contribution in [0.2, 0.25) is 0 Å². The van der Waals surface area contributed by atoms with Crippen molar-refractivity contribution in [2.45, 2.75) is 45.1 Å². The zero-order valence-electron chi connectivity index (χ0n) is 15.0. The lowest BCUT2D eigenvalue weighted by molar-refractivity contribution is 0.206. The maximum absolute atomic E-state index is 13.2. The fraction of sp³-hybridized carbons (Fsp3) is 0.444. The Kier molecular flexibility index (Phi) is 4.79. The van der Waals surface area contributed by atoms with Crippen LogP contribution in [0.4, 0.5) is 0 Å². The van der Waals surface area contributed by atoms with Gasteiger partial charge in [-0.3, -0.25) is 4.98 Å². The maximum Gasteiger partial charge on any atom is 0.243 e. The Morgan fingerprint density at radius 2 is 1.80 bits per heavy atom. The molecule has 0 bridgehead atoms. The van der Waals surface area contributed by atoms with Gasteiger partial charge in [-0.15, -0.1) is 0 Å². The number of nitrogens with zero attached hydrogens (tertiary/aromatic N) is 3. The Hall–Kier alpha value is -1.99. The molecular weight excluding hydrogens is 338 g/mol. The number of aromatic nitrogens is 2. The molecule has 1 aromatic heterocycles. The summed E-state index contributed by atoms with van der Waals surface area (Å²) in [4.78, 5) is 8.49. The van der Waals surface area contributed by atoms with Gasteiger partial charge in [0.1, 0.15) is 6.10 Å². The summed E-state index contributed by atoms with van der Waals surface area (Å²) >= 11 is 0. The van der Waals surface area contributed by atoms with E-state index in [1.165, 1.54) is 10.5 Å². The molecule has 1 saturated heterocycles. The third-order valence-corrected chi connectivity index (χ3v) is 6.97. The molecule has 0 saturated carbocycles. The molecule has 1 aliphatic heterocycles. The molecule has 134 valence electrons. The Bertz CT molecular complexity index is 856. The molecule has 1 atom stereocenters. The van der Waals surface area contributed by atoms with Gasteiger partial charge in [0.2, 0.25) is 15.9 Å². The average Bonchev–Trinajstić information content (AvgIpc) is 3.03. The monoisotopic (exact) mass is 361 g/mol. The number of hydrogen-bond acceptors (Lipinski definition) is 5. The van der Waals surface area contributed by atoms with Gasteiger partial charge in [-0.2, -0.15) is 4.31 Å². The van der Waals surface area contributed by atoms with Crippen molar-refractivity contribution >= 4 is 10.0 Å². The first kappa shape index (κ1) is 17.8. The molecular formula is C18H23N3O3S. The van der Waals surface area contributed by atoms with E-state index < -0.39 is 10.0 Å². The highest BCUT2D eigenvalue weighted by molar-refractivity contribution is 7.89. The quantitative estimate of drug-likeness (QED) is 0.837. The molecule has 6 nitrogen and oxygen atoms in total. The van der Waals surface area contributed by atoms with Crippen LogP contribution in [0.25, 0.3) is 0 Å². The van der Waals surface area contributed by atoms with Crippen LogP contribution in [0.15, 0.2) is 29.6 Å². The summed E-state index contributed by atoms with van der Waals surface area (Å²) in [6.07, 6.45) is 5.09. The zero-order chi connectivity index (χ0) is 18.2. The summed E-state index contributed by atoms with van der Waals surface area (Å²) in [7, 11) is -3.55.